The number of rotatable bonds is 6. The topological polar surface area (TPSA) is 78.6 Å². The lowest BCUT2D eigenvalue weighted by Crippen LogP contribution is -2.36. The molecule has 0 saturated carbocycles. The van der Waals surface area contributed by atoms with Crippen LogP contribution in [0.2, 0.25) is 0 Å². The van der Waals surface area contributed by atoms with Crippen molar-refractivity contribution in [1.29, 1.82) is 5.26 Å². The fourth-order valence-corrected chi connectivity index (χ4v) is 2.68. The van der Waals surface area contributed by atoms with Gasteiger partial charge in [0.25, 0.3) is 5.91 Å². The Morgan fingerprint density at radius 3 is 2.84 bits per heavy atom. The number of nitrogens with zero attached hydrogens (tertiary/aromatic N) is 4. The van der Waals surface area contributed by atoms with Gasteiger partial charge in [0.2, 0.25) is 0 Å². The number of nitriles is 1. The van der Waals surface area contributed by atoms with E-state index in [2.05, 4.69) is 16.2 Å². The average Bonchev–Trinajstić information content (AvgIpc) is 3.16. The van der Waals surface area contributed by atoms with Crippen LogP contribution in [0.3, 0.4) is 0 Å². The molecule has 126 valence electrons. The first-order chi connectivity index (χ1) is 12.3. The smallest absolute Gasteiger partial charge is 0.272 e. The van der Waals surface area contributed by atoms with Crippen LogP contribution in [0, 0.1) is 11.3 Å². The molecule has 6 heteroatoms. The van der Waals surface area contributed by atoms with Crippen molar-refractivity contribution in [2.75, 3.05) is 6.54 Å². The molecule has 6 nitrogen and oxygen atoms in total. The van der Waals surface area contributed by atoms with Gasteiger partial charge in [0.05, 0.1) is 12.5 Å². The zero-order valence-corrected chi connectivity index (χ0v) is 13.7. The summed E-state index contributed by atoms with van der Waals surface area (Å²) in [6, 6.07) is 15.5. The summed E-state index contributed by atoms with van der Waals surface area (Å²) in [5.41, 5.74) is 2.29. The number of aromatic nitrogens is 1. The Labute approximate surface area is 146 Å². The van der Waals surface area contributed by atoms with E-state index in [-0.39, 0.29) is 18.4 Å². The SMILES string of the molecule is N#CCCN(Cc1cccnc1)C(=O)C1=NO[C@@H](c2ccccc2)C1. The molecule has 25 heavy (non-hydrogen) atoms. The molecule has 1 aliphatic heterocycles. The summed E-state index contributed by atoms with van der Waals surface area (Å²) < 4.78 is 0. The molecule has 1 aromatic carbocycles. The van der Waals surface area contributed by atoms with Gasteiger partial charge in [-0.15, -0.1) is 0 Å². The van der Waals surface area contributed by atoms with Crippen molar-refractivity contribution < 1.29 is 9.63 Å². The van der Waals surface area contributed by atoms with Gasteiger partial charge >= 0.3 is 0 Å². The zero-order valence-electron chi connectivity index (χ0n) is 13.7. The molecule has 0 unspecified atom stereocenters. The second kappa shape index (κ2) is 8.06. The Balaban J connectivity index is 1.69. The van der Waals surface area contributed by atoms with Gasteiger partial charge in [-0.1, -0.05) is 41.6 Å². The molecule has 0 spiro atoms. The van der Waals surface area contributed by atoms with Crippen molar-refractivity contribution in [3.05, 3.63) is 66.0 Å². The summed E-state index contributed by atoms with van der Waals surface area (Å²) in [6.45, 7) is 0.739. The van der Waals surface area contributed by atoms with Gasteiger partial charge in [-0.3, -0.25) is 9.78 Å². The first-order valence-electron chi connectivity index (χ1n) is 8.10. The highest BCUT2D eigenvalue weighted by molar-refractivity contribution is 6.39. The predicted molar refractivity (Wildman–Crippen MR) is 92.2 cm³/mol. The number of carbonyl (C=O) groups is 1. The molecule has 0 aliphatic carbocycles. The third-order valence-corrected chi connectivity index (χ3v) is 3.96. The van der Waals surface area contributed by atoms with Crippen molar-refractivity contribution in [2.45, 2.75) is 25.5 Å². The van der Waals surface area contributed by atoms with E-state index in [1.54, 1.807) is 17.3 Å². The van der Waals surface area contributed by atoms with Crippen molar-refractivity contribution >= 4 is 11.6 Å². The second-order valence-corrected chi connectivity index (χ2v) is 5.74. The number of hydrogen-bond acceptors (Lipinski definition) is 5. The molecule has 1 aromatic heterocycles. The maximum Gasteiger partial charge on any atom is 0.272 e. The van der Waals surface area contributed by atoms with Crippen LogP contribution >= 0.6 is 0 Å². The minimum Gasteiger partial charge on any atom is -0.387 e. The van der Waals surface area contributed by atoms with Gasteiger partial charge < -0.3 is 9.74 Å². The van der Waals surface area contributed by atoms with Crippen molar-refractivity contribution in [3.63, 3.8) is 0 Å². The standard InChI is InChI=1S/C19H18N4O2/c20-9-5-11-23(14-15-6-4-10-21-13-15)19(24)17-12-18(25-22-17)16-7-2-1-3-8-16/h1-4,6-8,10,13,18H,5,11-12,14H2/t18-/m1/s1. The van der Waals surface area contributed by atoms with E-state index >= 15 is 0 Å². The van der Waals surface area contributed by atoms with Gasteiger partial charge in [-0.2, -0.15) is 5.26 Å². The van der Waals surface area contributed by atoms with E-state index in [1.807, 2.05) is 42.5 Å². The third kappa shape index (κ3) is 4.21. The maximum absolute atomic E-state index is 12.8. The predicted octanol–water partition coefficient (Wildman–Crippen LogP) is 2.84. The second-order valence-electron chi connectivity index (χ2n) is 5.74. The van der Waals surface area contributed by atoms with Gasteiger partial charge in [0.1, 0.15) is 5.71 Å². The lowest BCUT2D eigenvalue weighted by atomic mass is 10.0. The van der Waals surface area contributed by atoms with Gasteiger partial charge in [0, 0.05) is 31.9 Å². The van der Waals surface area contributed by atoms with Crippen molar-refractivity contribution in [3.8, 4) is 6.07 Å². The number of hydrogen-bond donors (Lipinski definition) is 0. The summed E-state index contributed by atoms with van der Waals surface area (Å²) in [4.78, 5) is 23.9. The minimum atomic E-state index is -0.239. The molecule has 2 heterocycles. The zero-order chi connectivity index (χ0) is 17.5. The number of pyridine rings is 1. The monoisotopic (exact) mass is 334 g/mol. The molecule has 2 aromatic rings. The third-order valence-electron chi connectivity index (χ3n) is 3.96. The lowest BCUT2D eigenvalue weighted by molar-refractivity contribution is -0.124. The van der Waals surface area contributed by atoms with Crippen LogP contribution in [0.5, 0.6) is 0 Å². The molecular formula is C19H18N4O2. The van der Waals surface area contributed by atoms with Gasteiger partial charge in [-0.05, 0) is 17.2 Å². The van der Waals surface area contributed by atoms with Crippen molar-refractivity contribution in [2.24, 2.45) is 5.16 Å². The number of amides is 1. The molecule has 3 rings (SSSR count). The van der Waals surface area contributed by atoms with E-state index in [0.29, 0.717) is 25.2 Å². The molecule has 0 bridgehead atoms. The molecule has 0 fully saturated rings. The normalized spacial score (nSPS) is 15.8. The molecule has 0 N–H and O–H groups in total. The molecular weight excluding hydrogens is 316 g/mol. The Morgan fingerprint density at radius 2 is 2.12 bits per heavy atom. The van der Waals surface area contributed by atoms with E-state index in [9.17, 15) is 4.79 Å². The first-order valence-corrected chi connectivity index (χ1v) is 8.10. The Morgan fingerprint density at radius 1 is 1.28 bits per heavy atom. The maximum atomic E-state index is 12.8. The molecule has 0 saturated heterocycles. The number of oxime groups is 1. The largest absolute Gasteiger partial charge is 0.387 e. The fraction of sp³-hybridized carbons (Fsp3) is 0.263. The summed E-state index contributed by atoms with van der Waals surface area (Å²) >= 11 is 0. The molecule has 1 amide bonds. The Bertz CT molecular complexity index is 784. The molecule has 1 atom stereocenters. The summed E-state index contributed by atoms with van der Waals surface area (Å²) in [5, 5.41) is 12.9. The summed E-state index contributed by atoms with van der Waals surface area (Å²) in [6.07, 6.45) is 3.86. The fourth-order valence-electron chi connectivity index (χ4n) is 2.68. The highest BCUT2D eigenvalue weighted by Crippen LogP contribution is 2.27. The number of carbonyl (C=O) groups excluding carboxylic acids is 1. The van der Waals surface area contributed by atoms with Crippen LogP contribution in [0.15, 0.2) is 60.0 Å². The van der Waals surface area contributed by atoms with Crippen LogP contribution in [-0.4, -0.2) is 28.0 Å². The summed E-state index contributed by atoms with van der Waals surface area (Å²) in [7, 11) is 0. The lowest BCUT2D eigenvalue weighted by Gasteiger charge is -2.21. The molecule has 0 radical (unpaired) electrons. The van der Waals surface area contributed by atoms with E-state index < -0.39 is 0 Å². The van der Waals surface area contributed by atoms with Crippen LogP contribution in [0.1, 0.15) is 30.1 Å². The minimum absolute atomic E-state index is 0.197. The first kappa shape index (κ1) is 16.7. The van der Waals surface area contributed by atoms with Gasteiger partial charge in [-0.25, -0.2) is 0 Å². The average molecular weight is 334 g/mol. The van der Waals surface area contributed by atoms with E-state index in [0.717, 1.165) is 11.1 Å². The highest BCUT2D eigenvalue weighted by Gasteiger charge is 2.30. The van der Waals surface area contributed by atoms with E-state index in [1.165, 1.54) is 0 Å². The van der Waals surface area contributed by atoms with Gasteiger partial charge in [0.15, 0.2) is 6.10 Å². The van der Waals surface area contributed by atoms with E-state index in [4.69, 9.17) is 10.1 Å². The van der Waals surface area contributed by atoms with Crippen molar-refractivity contribution in [1.82, 2.24) is 9.88 Å². The highest BCUT2D eigenvalue weighted by atomic mass is 16.6. The Hall–Kier alpha value is -3.20. The Kier molecular flexibility index (Phi) is 5.37. The van der Waals surface area contributed by atoms with Crippen LogP contribution in [0.25, 0.3) is 0 Å². The molecule has 1 aliphatic rings. The van der Waals surface area contributed by atoms with Crippen LogP contribution in [-0.2, 0) is 16.2 Å². The number of benzene rings is 1. The van der Waals surface area contributed by atoms with Crippen LogP contribution < -0.4 is 0 Å². The van der Waals surface area contributed by atoms with Crippen LogP contribution in [0.4, 0.5) is 0 Å². The summed E-state index contributed by atoms with van der Waals surface area (Å²) in [5.74, 6) is -0.197. The quantitative estimate of drug-likeness (QED) is 0.814.